The molecule has 0 aliphatic carbocycles. The molecule has 0 saturated heterocycles. The quantitative estimate of drug-likeness (QED) is 0.792. The van der Waals surface area contributed by atoms with Gasteiger partial charge < -0.3 is 9.84 Å². The van der Waals surface area contributed by atoms with Gasteiger partial charge in [-0.05, 0) is 31.7 Å². The summed E-state index contributed by atoms with van der Waals surface area (Å²) < 4.78 is 4.84. The molecule has 0 saturated carbocycles. The van der Waals surface area contributed by atoms with Gasteiger partial charge in [0.15, 0.2) is 0 Å². The molecular formula is C14H18N2O3. The zero-order valence-electron chi connectivity index (χ0n) is 11.2. The molecule has 0 heterocycles. The van der Waals surface area contributed by atoms with Crippen molar-refractivity contribution in [3.05, 3.63) is 29.8 Å². The van der Waals surface area contributed by atoms with Gasteiger partial charge in [-0.1, -0.05) is 12.1 Å². The maximum atomic E-state index is 11.3. The smallest absolute Gasteiger partial charge is 0.307 e. The number of benzene rings is 1. The lowest BCUT2D eigenvalue weighted by Crippen LogP contribution is -2.26. The number of nitriles is 1. The van der Waals surface area contributed by atoms with Gasteiger partial charge in [-0.3, -0.25) is 9.69 Å². The summed E-state index contributed by atoms with van der Waals surface area (Å²) in [6, 6.07) is 8.23. The van der Waals surface area contributed by atoms with Crippen LogP contribution in [-0.2, 0) is 9.53 Å². The summed E-state index contributed by atoms with van der Waals surface area (Å²) in [4.78, 5) is 13.0. The van der Waals surface area contributed by atoms with E-state index >= 15 is 0 Å². The maximum Gasteiger partial charge on any atom is 0.307 e. The number of carbonyl (C=O) groups excluding carboxylic acids is 1. The predicted molar refractivity (Wildman–Crippen MR) is 70.3 cm³/mol. The summed E-state index contributed by atoms with van der Waals surface area (Å²) in [6.45, 7) is 2.54. The van der Waals surface area contributed by atoms with Crippen LogP contribution in [0, 0.1) is 11.3 Å². The van der Waals surface area contributed by atoms with Crippen LogP contribution < -0.4 is 0 Å². The largest absolute Gasteiger partial charge is 0.508 e. The monoisotopic (exact) mass is 262 g/mol. The molecule has 19 heavy (non-hydrogen) atoms. The summed E-state index contributed by atoms with van der Waals surface area (Å²) in [5, 5.41) is 18.6. The van der Waals surface area contributed by atoms with Crippen molar-refractivity contribution < 1.29 is 14.6 Å². The molecule has 1 N–H and O–H groups in total. The van der Waals surface area contributed by atoms with Crippen LogP contribution in [0.3, 0.4) is 0 Å². The van der Waals surface area contributed by atoms with E-state index in [1.165, 1.54) is 0 Å². The van der Waals surface area contributed by atoms with Crippen LogP contribution in [0.4, 0.5) is 0 Å². The van der Waals surface area contributed by atoms with Gasteiger partial charge in [-0.25, -0.2) is 0 Å². The zero-order valence-corrected chi connectivity index (χ0v) is 11.2. The Kier molecular flexibility index (Phi) is 5.83. The molecule has 1 unspecified atom stereocenters. The third-order valence-corrected chi connectivity index (χ3v) is 2.72. The van der Waals surface area contributed by atoms with Crippen molar-refractivity contribution in [3.8, 4) is 11.8 Å². The number of hydrogen-bond acceptors (Lipinski definition) is 5. The molecule has 102 valence electrons. The average molecular weight is 262 g/mol. The Hall–Kier alpha value is -2.06. The van der Waals surface area contributed by atoms with Crippen LogP contribution in [0.2, 0.25) is 0 Å². The number of carbonyl (C=O) groups is 1. The number of ether oxygens (including phenoxy) is 1. The van der Waals surface area contributed by atoms with Crippen molar-refractivity contribution >= 4 is 5.97 Å². The van der Waals surface area contributed by atoms with Gasteiger partial charge in [-0.15, -0.1) is 0 Å². The highest BCUT2D eigenvalue weighted by Gasteiger charge is 2.17. The lowest BCUT2D eigenvalue weighted by atomic mass is 10.1. The first-order valence-corrected chi connectivity index (χ1v) is 6.13. The number of hydrogen-bond donors (Lipinski definition) is 1. The Morgan fingerprint density at radius 3 is 2.89 bits per heavy atom. The maximum absolute atomic E-state index is 11.3. The summed E-state index contributed by atoms with van der Waals surface area (Å²) in [6.07, 6.45) is 0.237. The normalized spacial score (nSPS) is 11.9. The van der Waals surface area contributed by atoms with Crippen LogP contribution >= 0.6 is 0 Å². The van der Waals surface area contributed by atoms with E-state index in [1.54, 1.807) is 43.1 Å². The minimum Gasteiger partial charge on any atom is -0.508 e. The SMILES string of the molecule is CCOC(=O)CCN(C)C(C#N)c1cccc(O)c1. The molecule has 5 heteroatoms. The van der Waals surface area contributed by atoms with E-state index in [0.717, 1.165) is 0 Å². The van der Waals surface area contributed by atoms with E-state index in [0.29, 0.717) is 18.7 Å². The Balaban J connectivity index is 2.65. The first kappa shape index (κ1) is 15.0. The van der Waals surface area contributed by atoms with Gasteiger partial charge in [0.1, 0.15) is 11.8 Å². The molecule has 1 atom stereocenters. The predicted octanol–water partition coefficient (Wildman–Crippen LogP) is 1.84. The second kappa shape index (κ2) is 7.39. The molecule has 0 amide bonds. The first-order chi connectivity index (χ1) is 9.08. The highest BCUT2D eigenvalue weighted by atomic mass is 16.5. The highest BCUT2D eigenvalue weighted by molar-refractivity contribution is 5.69. The van der Waals surface area contributed by atoms with Gasteiger partial charge in [0.2, 0.25) is 0 Å². The van der Waals surface area contributed by atoms with E-state index < -0.39 is 6.04 Å². The Morgan fingerprint density at radius 1 is 1.58 bits per heavy atom. The number of nitrogens with zero attached hydrogens (tertiary/aromatic N) is 2. The molecule has 0 fully saturated rings. The molecule has 0 aliphatic heterocycles. The van der Waals surface area contributed by atoms with Crippen molar-refractivity contribution in [2.75, 3.05) is 20.2 Å². The van der Waals surface area contributed by atoms with E-state index in [4.69, 9.17) is 4.74 Å². The lowest BCUT2D eigenvalue weighted by Gasteiger charge is -2.22. The third kappa shape index (κ3) is 4.60. The molecule has 0 aliphatic rings. The van der Waals surface area contributed by atoms with Gasteiger partial charge in [0.05, 0.1) is 19.1 Å². The van der Waals surface area contributed by atoms with Crippen molar-refractivity contribution in [1.29, 1.82) is 5.26 Å². The second-order valence-electron chi connectivity index (χ2n) is 4.16. The fourth-order valence-corrected chi connectivity index (χ4v) is 1.75. The van der Waals surface area contributed by atoms with Crippen LogP contribution in [-0.4, -0.2) is 36.2 Å². The fraction of sp³-hybridized carbons (Fsp3) is 0.429. The highest BCUT2D eigenvalue weighted by Crippen LogP contribution is 2.22. The summed E-state index contributed by atoms with van der Waals surface area (Å²) >= 11 is 0. The van der Waals surface area contributed by atoms with Crippen LogP contribution in [0.1, 0.15) is 24.9 Å². The van der Waals surface area contributed by atoms with Crippen molar-refractivity contribution in [1.82, 2.24) is 4.90 Å². The van der Waals surface area contributed by atoms with Gasteiger partial charge in [-0.2, -0.15) is 5.26 Å². The van der Waals surface area contributed by atoms with Crippen molar-refractivity contribution in [3.63, 3.8) is 0 Å². The van der Waals surface area contributed by atoms with E-state index in [2.05, 4.69) is 6.07 Å². The molecule has 0 aromatic heterocycles. The number of rotatable bonds is 6. The molecule has 0 bridgehead atoms. The number of aromatic hydroxyl groups is 1. The Bertz CT molecular complexity index is 468. The summed E-state index contributed by atoms with van der Waals surface area (Å²) in [7, 11) is 1.76. The van der Waals surface area contributed by atoms with Crippen LogP contribution in [0.25, 0.3) is 0 Å². The molecule has 1 aromatic carbocycles. The van der Waals surface area contributed by atoms with Gasteiger partial charge >= 0.3 is 5.97 Å². The topological polar surface area (TPSA) is 73.6 Å². The van der Waals surface area contributed by atoms with Crippen molar-refractivity contribution in [2.45, 2.75) is 19.4 Å². The first-order valence-electron chi connectivity index (χ1n) is 6.13. The lowest BCUT2D eigenvalue weighted by molar-refractivity contribution is -0.143. The van der Waals surface area contributed by atoms with Crippen LogP contribution in [0.5, 0.6) is 5.75 Å². The summed E-state index contributed by atoms with van der Waals surface area (Å²) in [5.74, 6) is -0.154. The molecule has 5 nitrogen and oxygen atoms in total. The molecule has 0 radical (unpaired) electrons. The minimum absolute atomic E-state index is 0.122. The molecule has 1 aromatic rings. The fourth-order valence-electron chi connectivity index (χ4n) is 1.75. The van der Waals surface area contributed by atoms with Gasteiger partial charge in [0.25, 0.3) is 0 Å². The number of esters is 1. The van der Waals surface area contributed by atoms with E-state index in [1.807, 2.05) is 0 Å². The van der Waals surface area contributed by atoms with Crippen LogP contribution in [0.15, 0.2) is 24.3 Å². The zero-order chi connectivity index (χ0) is 14.3. The van der Waals surface area contributed by atoms with E-state index in [9.17, 15) is 15.2 Å². The third-order valence-electron chi connectivity index (χ3n) is 2.72. The van der Waals surface area contributed by atoms with Crippen molar-refractivity contribution in [2.24, 2.45) is 0 Å². The summed E-state index contributed by atoms with van der Waals surface area (Å²) in [5.41, 5.74) is 0.703. The Labute approximate surface area is 113 Å². The minimum atomic E-state index is -0.499. The average Bonchev–Trinajstić information content (AvgIpc) is 2.38. The second-order valence-corrected chi connectivity index (χ2v) is 4.16. The van der Waals surface area contributed by atoms with Gasteiger partial charge in [0, 0.05) is 6.54 Å². The standard InChI is InChI=1S/C14H18N2O3/c1-3-19-14(18)7-8-16(2)13(10-15)11-5-4-6-12(17)9-11/h4-6,9,13,17H,3,7-8H2,1-2H3. The number of phenols is 1. The number of phenolic OH excluding ortho intramolecular Hbond substituents is 1. The molecular weight excluding hydrogens is 244 g/mol. The molecule has 0 spiro atoms. The molecule has 1 rings (SSSR count). The Morgan fingerprint density at radius 2 is 2.32 bits per heavy atom. The van der Waals surface area contributed by atoms with E-state index in [-0.39, 0.29) is 18.1 Å².